The van der Waals surface area contributed by atoms with Gasteiger partial charge in [-0.3, -0.25) is 0 Å². The Labute approximate surface area is 174 Å². The van der Waals surface area contributed by atoms with Crippen LogP contribution in [0.2, 0.25) is 0 Å². The Morgan fingerprint density at radius 2 is 2.20 bits per heavy atom. The molecule has 9 heteroatoms. The van der Waals surface area contributed by atoms with Crippen LogP contribution in [-0.4, -0.2) is 44.7 Å². The number of rotatable bonds is 4. The van der Waals surface area contributed by atoms with Crippen molar-refractivity contribution in [1.82, 2.24) is 24.8 Å². The number of hydrogen-bond acceptors (Lipinski definition) is 8. The molecule has 3 aromatic rings. The summed E-state index contributed by atoms with van der Waals surface area (Å²) in [6.45, 7) is 5.78. The highest BCUT2D eigenvalue weighted by atomic mass is 15.3. The van der Waals surface area contributed by atoms with Crippen LogP contribution in [0.1, 0.15) is 36.3 Å². The van der Waals surface area contributed by atoms with Crippen LogP contribution >= 0.6 is 0 Å². The molecule has 5 rings (SSSR count). The molecule has 0 aliphatic carbocycles. The second kappa shape index (κ2) is 6.85. The van der Waals surface area contributed by atoms with Crippen LogP contribution in [0, 0.1) is 18.3 Å². The number of nitrogen functional groups attached to an aromatic ring is 1. The molecule has 154 valence electrons. The van der Waals surface area contributed by atoms with Gasteiger partial charge in [-0.05, 0) is 32.4 Å². The lowest BCUT2D eigenvalue weighted by Crippen LogP contribution is -2.44. The molecule has 0 amide bonds. The van der Waals surface area contributed by atoms with Gasteiger partial charge in [-0.15, -0.1) is 0 Å². The van der Waals surface area contributed by atoms with Gasteiger partial charge >= 0.3 is 0 Å². The van der Waals surface area contributed by atoms with Crippen LogP contribution in [0.25, 0.3) is 11.0 Å². The van der Waals surface area contributed by atoms with Gasteiger partial charge in [0.2, 0.25) is 5.95 Å². The summed E-state index contributed by atoms with van der Waals surface area (Å²) in [4.78, 5) is 15.9. The third-order valence-electron chi connectivity index (χ3n) is 6.22. The minimum atomic E-state index is -0.169. The first-order valence-electron chi connectivity index (χ1n) is 10.2. The first-order valence-corrected chi connectivity index (χ1v) is 10.2. The minimum absolute atomic E-state index is 0.149. The summed E-state index contributed by atoms with van der Waals surface area (Å²) in [7, 11) is 2.04. The molecule has 2 bridgehead atoms. The summed E-state index contributed by atoms with van der Waals surface area (Å²) >= 11 is 0. The highest BCUT2D eigenvalue weighted by molar-refractivity contribution is 5.81. The molecule has 4 N–H and O–H groups in total. The summed E-state index contributed by atoms with van der Waals surface area (Å²) in [5, 5.41) is 16.5. The van der Waals surface area contributed by atoms with E-state index in [1.54, 1.807) is 6.92 Å². The largest absolute Gasteiger partial charge is 0.368 e. The third kappa shape index (κ3) is 2.92. The van der Waals surface area contributed by atoms with E-state index in [0.717, 1.165) is 41.9 Å². The summed E-state index contributed by atoms with van der Waals surface area (Å²) in [5.74, 6) is 0.594. The maximum atomic E-state index is 9.57. The Kier molecular flexibility index (Phi) is 4.25. The van der Waals surface area contributed by atoms with Crippen molar-refractivity contribution in [2.75, 3.05) is 29.0 Å². The zero-order valence-corrected chi connectivity index (χ0v) is 17.3. The molecule has 0 saturated carbocycles. The van der Waals surface area contributed by atoms with E-state index in [1.807, 2.05) is 26.2 Å². The fourth-order valence-corrected chi connectivity index (χ4v) is 4.70. The first-order chi connectivity index (χ1) is 14.4. The van der Waals surface area contributed by atoms with Crippen molar-refractivity contribution in [3.8, 4) is 6.07 Å². The number of pyridine rings is 1. The van der Waals surface area contributed by atoms with Gasteiger partial charge in [0.15, 0.2) is 0 Å². The van der Waals surface area contributed by atoms with Crippen molar-refractivity contribution in [3.05, 3.63) is 35.3 Å². The molecule has 2 aliphatic heterocycles. The Morgan fingerprint density at radius 1 is 1.37 bits per heavy atom. The summed E-state index contributed by atoms with van der Waals surface area (Å²) in [6.07, 6.45) is 3.19. The average Bonchev–Trinajstić information content (AvgIpc) is 3.43. The van der Waals surface area contributed by atoms with E-state index in [9.17, 15) is 5.26 Å². The number of aryl methyl sites for hydroxylation is 2. The lowest BCUT2D eigenvalue weighted by molar-refractivity contribution is 0.577. The molecule has 30 heavy (non-hydrogen) atoms. The van der Waals surface area contributed by atoms with E-state index in [1.165, 1.54) is 0 Å². The molecular formula is C21H25N9. The second-order valence-corrected chi connectivity index (χ2v) is 8.24. The third-order valence-corrected chi connectivity index (χ3v) is 6.22. The lowest BCUT2D eigenvalue weighted by atomic mass is 10.1. The number of nitriles is 1. The van der Waals surface area contributed by atoms with Gasteiger partial charge in [0.05, 0.1) is 34.2 Å². The van der Waals surface area contributed by atoms with Crippen LogP contribution in [0.3, 0.4) is 0 Å². The Morgan fingerprint density at radius 3 is 2.90 bits per heavy atom. The fourth-order valence-electron chi connectivity index (χ4n) is 4.70. The predicted molar refractivity (Wildman–Crippen MR) is 116 cm³/mol. The highest BCUT2D eigenvalue weighted by Gasteiger charge is 2.39. The van der Waals surface area contributed by atoms with Crippen molar-refractivity contribution in [2.45, 2.75) is 38.4 Å². The number of anilines is 3. The SMILES string of the molecule is Cc1nc(N)nc(NC(C)c2nc3ccn(C)c3cc2N2CC3CC2CN3)c1C#N. The maximum Gasteiger partial charge on any atom is 0.222 e. The molecule has 2 aliphatic rings. The van der Waals surface area contributed by atoms with Crippen molar-refractivity contribution >= 4 is 28.5 Å². The van der Waals surface area contributed by atoms with Gasteiger partial charge in [0, 0.05) is 38.4 Å². The Hall–Kier alpha value is -3.38. The van der Waals surface area contributed by atoms with E-state index in [-0.39, 0.29) is 12.0 Å². The topological polar surface area (TPSA) is 121 Å². The van der Waals surface area contributed by atoms with Gasteiger partial charge < -0.3 is 25.8 Å². The van der Waals surface area contributed by atoms with Crippen LogP contribution < -0.4 is 21.3 Å². The van der Waals surface area contributed by atoms with Gasteiger partial charge in [-0.1, -0.05) is 0 Å². The summed E-state index contributed by atoms with van der Waals surface area (Å²) < 4.78 is 2.10. The van der Waals surface area contributed by atoms with E-state index < -0.39 is 0 Å². The maximum absolute atomic E-state index is 9.57. The normalized spacial score (nSPS) is 21.2. The molecule has 5 heterocycles. The standard InChI is InChI=1S/C21H25N9/c1-11-15(8-22)20(28-21(23)26-11)25-12(2)19-18(30-10-13-6-14(30)9-24-13)7-17-16(27-19)4-5-29(17)3/h4-5,7,12-14,24H,6,9-10H2,1-3H3,(H3,23,25,26,28). The first kappa shape index (κ1) is 18.6. The number of hydrogen-bond donors (Lipinski definition) is 3. The number of nitrogens with one attached hydrogen (secondary N) is 2. The van der Waals surface area contributed by atoms with E-state index in [0.29, 0.717) is 29.2 Å². The van der Waals surface area contributed by atoms with Gasteiger partial charge in [0.25, 0.3) is 0 Å². The smallest absolute Gasteiger partial charge is 0.222 e. The average molecular weight is 403 g/mol. The molecule has 0 spiro atoms. The van der Waals surface area contributed by atoms with Crippen molar-refractivity contribution < 1.29 is 0 Å². The second-order valence-electron chi connectivity index (χ2n) is 8.24. The fraction of sp³-hybridized carbons (Fsp3) is 0.429. The van der Waals surface area contributed by atoms with Gasteiger partial charge in [-0.2, -0.15) is 10.2 Å². The zero-order valence-electron chi connectivity index (χ0n) is 17.3. The number of nitrogens with zero attached hydrogens (tertiary/aromatic N) is 6. The van der Waals surface area contributed by atoms with Crippen molar-refractivity contribution in [3.63, 3.8) is 0 Å². The highest BCUT2D eigenvalue weighted by Crippen LogP contribution is 2.36. The van der Waals surface area contributed by atoms with E-state index in [2.05, 4.69) is 42.2 Å². The molecule has 3 aromatic heterocycles. The summed E-state index contributed by atoms with van der Waals surface area (Å²) in [5.41, 5.74) is 10.9. The Bertz CT molecular complexity index is 1180. The van der Waals surface area contributed by atoms with Crippen LogP contribution in [0.5, 0.6) is 0 Å². The molecular weight excluding hydrogens is 378 g/mol. The molecule has 0 radical (unpaired) electrons. The zero-order chi connectivity index (χ0) is 21.0. The molecule has 2 fully saturated rings. The lowest BCUT2D eigenvalue weighted by Gasteiger charge is -2.32. The van der Waals surface area contributed by atoms with Gasteiger partial charge in [-0.25, -0.2) is 9.97 Å². The molecule has 9 nitrogen and oxygen atoms in total. The Balaban J connectivity index is 1.58. The molecule has 0 aromatic carbocycles. The number of nitrogens with two attached hydrogens (primary N) is 1. The van der Waals surface area contributed by atoms with E-state index in [4.69, 9.17) is 10.7 Å². The minimum Gasteiger partial charge on any atom is -0.368 e. The van der Waals surface area contributed by atoms with E-state index >= 15 is 0 Å². The van der Waals surface area contributed by atoms with Crippen LogP contribution in [0.15, 0.2) is 18.3 Å². The van der Waals surface area contributed by atoms with Crippen molar-refractivity contribution in [1.29, 1.82) is 5.26 Å². The predicted octanol–water partition coefficient (Wildman–Crippen LogP) is 1.85. The van der Waals surface area contributed by atoms with Crippen LogP contribution in [0.4, 0.5) is 17.5 Å². The number of aromatic nitrogens is 4. The van der Waals surface area contributed by atoms with Crippen molar-refractivity contribution in [2.24, 2.45) is 7.05 Å². The molecule has 3 unspecified atom stereocenters. The molecule has 2 saturated heterocycles. The number of piperazine rings is 1. The number of fused-ring (bicyclic) bond motifs is 3. The monoisotopic (exact) mass is 403 g/mol. The summed E-state index contributed by atoms with van der Waals surface area (Å²) in [6, 6.07) is 7.29. The van der Waals surface area contributed by atoms with Gasteiger partial charge in [0.1, 0.15) is 17.5 Å². The van der Waals surface area contributed by atoms with Crippen LogP contribution in [-0.2, 0) is 7.05 Å². The quantitative estimate of drug-likeness (QED) is 0.603. The molecule has 3 atom stereocenters.